The molecule has 1 atom stereocenters. The summed E-state index contributed by atoms with van der Waals surface area (Å²) in [6.07, 6.45) is 0.415. The number of hydrogen-bond donors (Lipinski definition) is 1. The molecule has 1 heterocycles. The number of benzene rings is 2. The highest BCUT2D eigenvalue weighted by atomic mass is 79.9. The predicted octanol–water partition coefficient (Wildman–Crippen LogP) is 5.39. The van der Waals surface area contributed by atoms with E-state index in [0.717, 1.165) is 26.9 Å². The van der Waals surface area contributed by atoms with Gasteiger partial charge in [0.2, 0.25) is 5.91 Å². The van der Waals surface area contributed by atoms with E-state index < -0.39 is 0 Å². The Balaban J connectivity index is 2.02. The van der Waals surface area contributed by atoms with Crippen molar-refractivity contribution >= 4 is 55.1 Å². The molecule has 2 aromatic rings. The quantitative estimate of drug-likeness (QED) is 0.637. The van der Waals surface area contributed by atoms with Crippen LogP contribution in [0.1, 0.15) is 27.1 Å². The number of alkyl halides is 1. The number of nitrogens with one attached hydrogen (secondary N) is 1. The van der Waals surface area contributed by atoms with Gasteiger partial charge in [-0.15, -0.1) is 0 Å². The number of fused-ring (bicyclic) bond motifs is 1. The number of anilines is 1. The van der Waals surface area contributed by atoms with Gasteiger partial charge in [0.1, 0.15) is 0 Å². The minimum atomic E-state index is -0.00204. The van der Waals surface area contributed by atoms with Crippen molar-refractivity contribution in [2.24, 2.45) is 0 Å². The number of rotatable bonds is 2. The maximum Gasteiger partial charge on any atom is 0.228 e. The molecule has 0 bridgehead atoms. The first-order valence-corrected chi connectivity index (χ1v) is 8.56. The Morgan fingerprint density at radius 2 is 2.05 bits per heavy atom. The van der Waals surface area contributed by atoms with Crippen LogP contribution in [-0.2, 0) is 11.2 Å². The first-order valence-electron chi connectivity index (χ1n) is 6.48. The molecular formula is C16H12Br2ClNO. The first kappa shape index (κ1) is 15.1. The molecule has 2 nitrogen and oxygen atoms in total. The molecule has 1 unspecified atom stereocenters. The SMILES string of the molecule is Cc1cc(C(Br)c2cc3c(cc2Cl)NC(=O)C3)ccc1Br. The van der Waals surface area contributed by atoms with Gasteiger partial charge in [-0.2, -0.15) is 0 Å². The fourth-order valence-electron chi connectivity index (χ4n) is 2.47. The van der Waals surface area contributed by atoms with Gasteiger partial charge in [-0.3, -0.25) is 4.79 Å². The Bertz CT molecular complexity index is 745. The molecule has 0 radical (unpaired) electrons. The van der Waals surface area contributed by atoms with E-state index in [-0.39, 0.29) is 10.7 Å². The van der Waals surface area contributed by atoms with Gasteiger partial charge in [0.25, 0.3) is 0 Å². The molecule has 0 saturated carbocycles. The number of amides is 1. The maximum absolute atomic E-state index is 11.5. The summed E-state index contributed by atoms with van der Waals surface area (Å²) in [5, 5.41) is 3.47. The number of halogens is 3. The molecule has 3 rings (SSSR count). The molecule has 0 aliphatic carbocycles. The molecule has 21 heavy (non-hydrogen) atoms. The third kappa shape index (κ3) is 2.89. The lowest BCUT2D eigenvalue weighted by Gasteiger charge is -2.15. The lowest BCUT2D eigenvalue weighted by atomic mass is 10.00. The second-order valence-corrected chi connectivity index (χ2v) is 7.30. The number of aryl methyl sites for hydroxylation is 1. The van der Waals surface area contributed by atoms with E-state index in [2.05, 4.69) is 56.2 Å². The standard InChI is InChI=1S/C16H12Br2ClNO/c1-8-4-9(2-3-12(8)17)16(18)11-5-10-6-15(21)20-14(10)7-13(11)19/h2-5,7,16H,6H2,1H3,(H,20,21). The lowest BCUT2D eigenvalue weighted by molar-refractivity contribution is -0.115. The van der Waals surface area contributed by atoms with E-state index in [0.29, 0.717) is 11.4 Å². The van der Waals surface area contributed by atoms with Crippen LogP contribution in [0.2, 0.25) is 5.02 Å². The van der Waals surface area contributed by atoms with Crippen molar-refractivity contribution in [3.05, 3.63) is 62.1 Å². The summed E-state index contributed by atoms with van der Waals surface area (Å²) >= 11 is 13.6. The third-order valence-electron chi connectivity index (χ3n) is 3.60. The van der Waals surface area contributed by atoms with E-state index in [1.165, 1.54) is 5.56 Å². The zero-order valence-corrected chi connectivity index (χ0v) is 15.1. The first-order chi connectivity index (χ1) is 9.95. The van der Waals surface area contributed by atoms with Crippen LogP contribution < -0.4 is 5.32 Å². The van der Waals surface area contributed by atoms with Gasteiger partial charge in [-0.05, 0) is 41.3 Å². The van der Waals surface area contributed by atoms with Gasteiger partial charge in [0, 0.05) is 15.2 Å². The predicted molar refractivity (Wildman–Crippen MR) is 93.4 cm³/mol. The molecule has 1 N–H and O–H groups in total. The average molecular weight is 430 g/mol. The second-order valence-electron chi connectivity index (χ2n) is 5.13. The fraction of sp³-hybridized carbons (Fsp3) is 0.188. The lowest BCUT2D eigenvalue weighted by Crippen LogP contribution is -2.03. The van der Waals surface area contributed by atoms with Crippen LogP contribution in [0.4, 0.5) is 5.69 Å². The van der Waals surface area contributed by atoms with E-state index in [9.17, 15) is 4.79 Å². The molecule has 2 aromatic carbocycles. The molecule has 0 saturated heterocycles. The van der Waals surface area contributed by atoms with Crippen LogP contribution in [0.3, 0.4) is 0 Å². The summed E-state index contributed by atoms with van der Waals surface area (Å²) in [5.74, 6) is 0.0174. The van der Waals surface area contributed by atoms with Crippen molar-refractivity contribution < 1.29 is 4.79 Å². The van der Waals surface area contributed by atoms with Gasteiger partial charge in [0.15, 0.2) is 0 Å². The highest BCUT2D eigenvalue weighted by Gasteiger charge is 2.22. The molecule has 0 spiro atoms. The zero-order chi connectivity index (χ0) is 15.1. The highest BCUT2D eigenvalue weighted by Crippen LogP contribution is 2.40. The summed E-state index contributed by atoms with van der Waals surface area (Å²) in [7, 11) is 0. The van der Waals surface area contributed by atoms with Gasteiger partial charge >= 0.3 is 0 Å². The minimum Gasteiger partial charge on any atom is -0.325 e. The Kier molecular flexibility index (Phi) is 4.12. The topological polar surface area (TPSA) is 29.1 Å². The van der Waals surface area contributed by atoms with Crippen LogP contribution in [0, 0.1) is 6.92 Å². The minimum absolute atomic E-state index is 0.00204. The van der Waals surface area contributed by atoms with Crippen molar-refractivity contribution in [3.63, 3.8) is 0 Å². The summed E-state index contributed by atoms with van der Waals surface area (Å²) in [5.41, 5.74) is 5.10. The van der Waals surface area contributed by atoms with E-state index in [4.69, 9.17) is 11.6 Å². The van der Waals surface area contributed by atoms with Crippen molar-refractivity contribution in [1.29, 1.82) is 0 Å². The van der Waals surface area contributed by atoms with Crippen LogP contribution in [0.15, 0.2) is 34.8 Å². The molecular weight excluding hydrogens is 417 g/mol. The van der Waals surface area contributed by atoms with Gasteiger partial charge in [-0.1, -0.05) is 61.7 Å². The summed E-state index contributed by atoms with van der Waals surface area (Å²) < 4.78 is 1.08. The van der Waals surface area contributed by atoms with Crippen LogP contribution >= 0.6 is 43.5 Å². The normalized spacial score (nSPS) is 14.8. The fourth-order valence-corrected chi connectivity index (χ4v) is 3.78. The van der Waals surface area contributed by atoms with Crippen LogP contribution in [0.5, 0.6) is 0 Å². The average Bonchev–Trinajstić information content (AvgIpc) is 2.79. The number of carbonyl (C=O) groups is 1. The molecule has 108 valence electrons. The Morgan fingerprint density at radius 1 is 1.29 bits per heavy atom. The van der Waals surface area contributed by atoms with E-state index in [1.54, 1.807) is 0 Å². The number of carbonyl (C=O) groups excluding carboxylic acids is 1. The van der Waals surface area contributed by atoms with Crippen LogP contribution in [0.25, 0.3) is 0 Å². The molecule has 1 aliphatic heterocycles. The van der Waals surface area contributed by atoms with Crippen molar-refractivity contribution in [1.82, 2.24) is 0 Å². The van der Waals surface area contributed by atoms with Crippen molar-refractivity contribution in [3.8, 4) is 0 Å². The maximum atomic E-state index is 11.5. The Morgan fingerprint density at radius 3 is 2.76 bits per heavy atom. The van der Waals surface area contributed by atoms with Crippen LogP contribution in [-0.4, -0.2) is 5.91 Å². The number of hydrogen-bond acceptors (Lipinski definition) is 1. The van der Waals surface area contributed by atoms with Crippen molar-refractivity contribution in [2.45, 2.75) is 18.2 Å². The van der Waals surface area contributed by atoms with Gasteiger partial charge in [0.05, 0.1) is 11.2 Å². The van der Waals surface area contributed by atoms with Gasteiger partial charge in [-0.25, -0.2) is 0 Å². The van der Waals surface area contributed by atoms with E-state index in [1.807, 2.05) is 18.2 Å². The van der Waals surface area contributed by atoms with Gasteiger partial charge < -0.3 is 5.32 Å². The third-order valence-corrected chi connectivity index (χ3v) is 5.83. The van der Waals surface area contributed by atoms with Crippen molar-refractivity contribution in [2.75, 3.05) is 5.32 Å². The monoisotopic (exact) mass is 427 g/mol. The molecule has 1 amide bonds. The molecule has 0 aromatic heterocycles. The molecule has 1 aliphatic rings. The Hall–Kier alpha value is -0.840. The molecule has 5 heteroatoms. The molecule has 0 fully saturated rings. The zero-order valence-electron chi connectivity index (χ0n) is 11.2. The second kappa shape index (κ2) is 5.75. The van der Waals surface area contributed by atoms with E-state index >= 15 is 0 Å². The summed E-state index contributed by atoms with van der Waals surface area (Å²) in [6, 6.07) is 10.1. The summed E-state index contributed by atoms with van der Waals surface area (Å²) in [4.78, 5) is 11.5. The highest BCUT2D eigenvalue weighted by molar-refractivity contribution is 9.10. The smallest absolute Gasteiger partial charge is 0.228 e. The largest absolute Gasteiger partial charge is 0.325 e. The summed E-state index contributed by atoms with van der Waals surface area (Å²) in [6.45, 7) is 2.06. The Labute approximate surface area is 145 Å².